The van der Waals surface area contributed by atoms with Gasteiger partial charge in [-0.3, -0.25) is 4.79 Å². The molecule has 1 aliphatic rings. The molecule has 0 saturated carbocycles. The molecular weight excluding hydrogens is 360 g/mol. The molecule has 3 atom stereocenters. The third kappa shape index (κ3) is 3.20. The first kappa shape index (κ1) is 18.9. The molecule has 0 unspecified atom stereocenters. The lowest BCUT2D eigenvalue weighted by atomic mass is 9.73. The van der Waals surface area contributed by atoms with Gasteiger partial charge in [0.05, 0.1) is 18.7 Å². The van der Waals surface area contributed by atoms with Crippen molar-refractivity contribution >= 4 is 5.91 Å². The van der Waals surface area contributed by atoms with Gasteiger partial charge in [-0.2, -0.15) is 5.26 Å². The number of nitrogens with zero attached hydrogens (tertiary/aromatic N) is 2. The van der Waals surface area contributed by atoms with Gasteiger partial charge in [0.1, 0.15) is 6.04 Å². The van der Waals surface area contributed by atoms with E-state index in [9.17, 15) is 15.2 Å². The Bertz CT molecular complexity index is 1070. The number of aliphatic hydroxyl groups is 1. The fraction of sp³-hybridized carbons (Fsp3) is 0.200. The molecule has 1 N–H and O–H groups in total. The average molecular weight is 382 g/mol. The number of hydrogen-bond donors (Lipinski definition) is 1. The maximum atomic E-state index is 13.0. The normalized spacial score (nSPS) is 20.6. The molecule has 0 aliphatic carbocycles. The van der Waals surface area contributed by atoms with E-state index < -0.39 is 12.1 Å². The summed E-state index contributed by atoms with van der Waals surface area (Å²) in [6.45, 7) is 1.87. The van der Waals surface area contributed by atoms with Gasteiger partial charge >= 0.3 is 0 Å². The highest BCUT2D eigenvalue weighted by Gasteiger charge is 2.52. The Labute approximate surface area is 170 Å². The maximum absolute atomic E-state index is 13.0. The predicted molar refractivity (Wildman–Crippen MR) is 112 cm³/mol. The summed E-state index contributed by atoms with van der Waals surface area (Å²) in [7, 11) is 0. The van der Waals surface area contributed by atoms with Gasteiger partial charge in [0, 0.05) is 11.5 Å². The number of rotatable bonds is 4. The molecule has 0 spiro atoms. The van der Waals surface area contributed by atoms with Crippen molar-refractivity contribution in [2.45, 2.75) is 24.9 Å². The smallest absolute Gasteiger partial charge is 0.255 e. The molecule has 0 radical (unpaired) electrons. The van der Waals surface area contributed by atoms with E-state index in [-0.39, 0.29) is 18.4 Å². The van der Waals surface area contributed by atoms with Crippen LogP contribution in [-0.2, 0) is 0 Å². The first-order chi connectivity index (χ1) is 14.2. The monoisotopic (exact) mass is 382 g/mol. The molecule has 1 heterocycles. The van der Waals surface area contributed by atoms with E-state index in [1.807, 2.05) is 42.5 Å². The van der Waals surface area contributed by atoms with Gasteiger partial charge in [-0.1, -0.05) is 66.7 Å². The maximum Gasteiger partial charge on any atom is 0.255 e. The minimum atomic E-state index is -0.620. The highest BCUT2D eigenvalue weighted by molar-refractivity contribution is 5.96. The van der Waals surface area contributed by atoms with Crippen molar-refractivity contribution in [3.05, 3.63) is 95.6 Å². The van der Waals surface area contributed by atoms with E-state index in [1.165, 1.54) is 4.90 Å². The lowest BCUT2D eigenvalue weighted by Gasteiger charge is -2.52. The van der Waals surface area contributed by atoms with Crippen LogP contribution in [0.4, 0.5) is 0 Å². The van der Waals surface area contributed by atoms with Gasteiger partial charge < -0.3 is 10.0 Å². The Balaban J connectivity index is 1.75. The van der Waals surface area contributed by atoms with Gasteiger partial charge in [0.25, 0.3) is 5.91 Å². The van der Waals surface area contributed by atoms with Crippen molar-refractivity contribution in [1.29, 1.82) is 5.26 Å². The van der Waals surface area contributed by atoms with Crippen molar-refractivity contribution in [2.75, 3.05) is 6.61 Å². The zero-order valence-corrected chi connectivity index (χ0v) is 16.2. The molecule has 1 saturated heterocycles. The number of carbonyl (C=O) groups is 1. The molecule has 1 aliphatic heterocycles. The standard InChI is InChI=1S/C25H22N2O2/c1-17-9-5-6-12-19(17)20-13-7-8-14-21(20)24-22(15-26)27(23(24)16-28)25(29)18-10-3-2-4-11-18/h2-14,22-24,28H,16H2,1H3/t22-,23-,24+/m0/s1. The summed E-state index contributed by atoms with van der Waals surface area (Å²) in [5.41, 5.74) is 4.80. The summed E-state index contributed by atoms with van der Waals surface area (Å²) >= 11 is 0. The highest BCUT2D eigenvalue weighted by atomic mass is 16.3. The second kappa shape index (κ2) is 7.90. The fourth-order valence-corrected chi connectivity index (χ4v) is 4.30. The number of amides is 1. The summed E-state index contributed by atoms with van der Waals surface area (Å²) in [5.74, 6) is -0.464. The van der Waals surface area contributed by atoms with Crippen LogP contribution < -0.4 is 0 Å². The molecule has 144 valence electrons. The van der Waals surface area contributed by atoms with Crippen LogP contribution in [0.25, 0.3) is 11.1 Å². The highest BCUT2D eigenvalue weighted by Crippen LogP contribution is 2.45. The molecule has 4 nitrogen and oxygen atoms in total. The van der Waals surface area contributed by atoms with Gasteiger partial charge in [-0.15, -0.1) is 0 Å². The van der Waals surface area contributed by atoms with Gasteiger partial charge in [-0.05, 0) is 41.3 Å². The van der Waals surface area contributed by atoms with Crippen LogP contribution in [0.5, 0.6) is 0 Å². The van der Waals surface area contributed by atoms with Crippen LogP contribution in [0.15, 0.2) is 78.9 Å². The van der Waals surface area contributed by atoms with Gasteiger partial charge in [-0.25, -0.2) is 0 Å². The number of benzene rings is 3. The summed E-state index contributed by atoms with van der Waals surface area (Å²) in [5, 5.41) is 20.0. The molecule has 1 fully saturated rings. The number of aliphatic hydroxyl groups excluding tert-OH is 1. The summed E-state index contributed by atoms with van der Waals surface area (Å²) in [6, 6.07) is 26.3. The number of likely N-dealkylation sites (tertiary alicyclic amines) is 1. The molecule has 3 aromatic rings. The molecule has 1 amide bonds. The topological polar surface area (TPSA) is 64.3 Å². The zero-order valence-electron chi connectivity index (χ0n) is 16.2. The van der Waals surface area contributed by atoms with Crippen molar-refractivity contribution in [1.82, 2.24) is 4.90 Å². The number of carbonyl (C=O) groups excluding carboxylic acids is 1. The van der Waals surface area contributed by atoms with E-state index in [0.29, 0.717) is 5.56 Å². The van der Waals surface area contributed by atoms with Crippen LogP contribution in [0.1, 0.15) is 27.4 Å². The summed E-state index contributed by atoms with van der Waals surface area (Å²) in [6.07, 6.45) is 0. The second-order valence-corrected chi connectivity index (χ2v) is 7.33. The minimum Gasteiger partial charge on any atom is -0.394 e. The van der Waals surface area contributed by atoms with E-state index >= 15 is 0 Å². The van der Waals surface area contributed by atoms with Crippen molar-refractivity contribution < 1.29 is 9.90 Å². The number of aryl methyl sites for hydroxylation is 1. The number of hydrogen-bond acceptors (Lipinski definition) is 3. The SMILES string of the molecule is Cc1ccccc1-c1ccccc1[C@@H]1[C@H](C#N)N(C(=O)c2ccccc2)[C@H]1CO. The van der Waals surface area contributed by atoms with Crippen LogP contribution >= 0.6 is 0 Å². The van der Waals surface area contributed by atoms with E-state index in [2.05, 4.69) is 25.1 Å². The van der Waals surface area contributed by atoms with Gasteiger partial charge in [0.2, 0.25) is 0 Å². The molecule has 4 heteroatoms. The molecule has 0 aromatic heterocycles. The van der Waals surface area contributed by atoms with Crippen LogP contribution in [0, 0.1) is 18.3 Å². The third-order valence-corrected chi connectivity index (χ3v) is 5.74. The van der Waals surface area contributed by atoms with E-state index in [1.54, 1.807) is 24.3 Å². The summed E-state index contributed by atoms with van der Waals surface area (Å²) in [4.78, 5) is 14.5. The third-order valence-electron chi connectivity index (χ3n) is 5.74. The Hall–Kier alpha value is -3.42. The minimum absolute atomic E-state index is 0.191. The second-order valence-electron chi connectivity index (χ2n) is 7.33. The molecular formula is C25H22N2O2. The fourth-order valence-electron chi connectivity index (χ4n) is 4.30. The first-order valence-electron chi connectivity index (χ1n) is 9.70. The van der Waals surface area contributed by atoms with Crippen LogP contribution in [0.3, 0.4) is 0 Å². The Morgan fingerprint density at radius 2 is 1.59 bits per heavy atom. The summed E-state index contributed by atoms with van der Waals surface area (Å²) < 4.78 is 0. The molecule has 0 bridgehead atoms. The average Bonchev–Trinajstić information content (AvgIpc) is 2.75. The molecule has 3 aromatic carbocycles. The Morgan fingerprint density at radius 1 is 0.966 bits per heavy atom. The lowest BCUT2D eigenvalue weighted by molar-refractivity contribution is -0.00571. The lowest BCUT2D eigenvalue weighted by Crippen LogP contribution is -2.65. The van der Waals surface area contributed by atoms with E-state index in [4.69, 9.17) is 0 Å². The van der Waals surface area contributed by atoms with Crippen molar-refractivity contribution in [2.24, 2.45) is 0 Å². The Kier molecular flexibility index (Phi) is 5.16. The Morgan fingerprint density at radius 3 is 2.24 bits per heavy atom. The van der Waals surface area contributed by atoms with Crippen LogP contribution in [0.2, 0.25) is 0 Å². The van der Waals surface area contributed by atoms with E-state index in [0.717, 1.165) is 22.3 Å². The molecule has 4 rings (SSSR count). The zero-order chi connectivity index (χ0) is 20.4. The quantitative estimate of drug-likeness (QED) is 0.737. The van der Waals surface area contributed by atoms with Crippen LogP contribution in [-0.4, -0.2) is 34.6 Å². The van der Waals surface area contributed by atoms with Gasteiger partial charge in [0.15, 0.2) is 0 Å². The largest absolute Gasteiger partial charge is 0.394 e. The molecule has 29 heavy (non-hydrogen) atoms. The predicted octanol–water partition coefficient (Wildman–Crippen LogP) is 4.15. The van der Waals surface area contributed by atoms with Crippen molar-refractivity contribution in [3.8, 4) is 17.2 Å². The van der Waals surface area contributed by atoms with Crippen molar-refractivity contribution in [3.63, 3.8) is 0 Å². The number of nitriles is 1. The first-order valence-corrected chi connectivity index (χ1v) is 9.70.